The van der Waals surface area contributed by atoms with Crippen LogP contribution in [0.1, 0.15) is 66.2 Å². The monoisotopic (exact) mass is 326 g/mol. The van der Waals surface area contributed by atoms with Crippen LogP contribution in [0.15, 0.2) is 29.6 Å². The van der Waals surface area contributed by atoms with Gasteiger partial charge in [-0.25, -0.2) is 4.98 Å². The highest BCUT2D eigenvalue weighted by molar-refractivity contribution is 7.10. The molecule has 1 heterocycles. The molecule has 0 unspecified atom stereocenters. The number of hydrogen-bond acceptors (Lipinski definition) is 3. The number of nitrogens with zero attached hydrogens (tertiary/aromatic N) is 1. The first-order chi connectivity index (χ1) is 11.3. The summed E-state index contributed by atoms with van der Waals surface area (Å²) in [6.45, 7) is 0. The summed E-state index contributed by atoms with van der Waals surface area (Å²) in [6.07, 6.45) is 8.57. The lowest BCUT2D eigenvalue weighted by molar-refractivity contribution is 0.0928. The highest BCUT2D eigenvalue weighted by Gasteiger charge is 2.26. The molecule has 0 spiro atoms. The molecule has 2 aliphatic rings. The van der Waals surface area contributed by atoms with E-state index in [0.29, 0.717) is 12.0 Å². The van der Waals surface area contributed by atoms with E-state index >= 15 is 0 Å². The van der Waals surface area contributed by atoms with Gasteiger partial charge in [-0.1, -0.05) is 31.4 Å². The Morgan fingerprint density at radius 2 is 1.78 bits per heavy atom. The van der Waals surface area contributed by atoms with Gasteiger partial charge < -0.3 is 5.32 Å². The van der Waals surface area contributed by atoms with Gasteiger partial charge in [-0.15, -0.1) is 11.3 Å². The lowest BCUT2D eigenvalue weighted by atomic mass is 9.95. The number of rotatable bonds is 4. The van der Waals surface area contributed by atoms with Crippen molar-refractivity contribution in [2.45, 2.75) is 56.9 Å². The van der Waals surface area contributed by atoms with Crippen LogP contribution in [0.3, 0.4) is 0 Å². The van der Waals surface area contributed by atoms with Gasteiger partial charge in [0, 0.05) is 28.5 Å². The number of carbonyl (C=O) groups is 1. The van der Waals surface area contributed by atoms with Crippen molar-refractivity contribution in [2.75, 3.05) is 0 Å². The molecule has 23 heavy (non-hydrogen) atoms. The zero-order valence-corrected chi connectivity index (χ0v) is 14.1. The number of benzene rings is 1. The Labute approximate surface area is 141 Å². The Bertz CT molecular complexity index is 682. The number of amides is 1. The van der Waals surface area contributed by atoms with Gasteiger partial charge in [0.25, 0.3) is 5.91 Å². The summed E-state index contributed by atoms with van der Waals surface area (Å²) in [5.41, 5.74) is 2.88. The molecule has 1 N–H and O–H groups in total. The number of thiazole rings is 1. The SMILES string of the molecule is O=C(NC1CCCCC1)c1ccc(-c2csc(C3CC3)n2)cc1. The van der Waals surface area contributed by atoms with Crippen molar-refractivity contribution < 1.29 is 4.79 Å². The van der Waals surface area contributed by atoms with Gasteiger partial charge in [0.05, 0.1) is 10.7 Å². The average Bonchev–Trinajstić information content (AvgIpc) is 3.33. The fourth-order valence-electron chi connectivity index (χ4n) is 3.25. The molecule has 1 amide bonds. The van der Waals surface area contributed by atoms with E-state index in [4.69, 9.17) is 4.98 Å². The first-order valence-electron chi connectivity index (χ1n) is 8.66. The first kappa shape index (κ1) is 14.9. The summed E-state index contributed by atoms with van der Waals surface area (Å²) in [5, 5.41) is 6.56. The molecule has 0 radical (unpaired) electrons. The maximum atomic E-state index is 12.3. The van der Waals surface area contributed by atoms with Crippen molar-refractivity contribution in [2.24, 2.45) is 0 Å². The Kier molecular flexibility index (Phi) is 4.17. The third kappa shape index (κ3) is 3.47. The van der Waals surface area contributed by atoms with Gasteiger partial charge in [-0.2, -0.15) is 0 Å². The quantitative estimate of drug-likeness (QED) is 0.881. The number of carbonyl (C=O) groups excluding carboxylic acids is 1. The highest BCUT2D eigenvalue weighted by atomic mass is 32.1. The molecule has 0 atom stereocenters. The van der Waals surface area contributed by atoms with Crippen molar-refractivity contribution in [1.82, 2.24) is 10.3 Å². The molecule has 4 rings (SSSR count). The molecule has 2 aliphatic carbocycles. The minimum Gasteiger partial charge on any atom is -0.349 e. The fourth-order valence-corrected chi connectivity index (χ4v) is 4.25. The third-order valence-corrected chi connectivity index (χ3v) is 5.84. The lowest BCUT2D eigenvalue weighted by Crippen LogP contribution is -2.36. The minimum atomic E-state index is 0.0559. The molecule has 0 saturated heterocycles. The smallest absolute Gasteiger partial charge is 0.251 e. The molecule has 0 aliphatic heterocycles. The van der Waals surface area contributed by atoms with E-state index < -0.39 is 0 Å². The van der Waals surface area contributed by atoms with Crippen LogP contribution in [-0.4, -0.2) is 16.9 Å². The molecule has 4 heteroatoms. The van der Waals surface area contributed by atoms with Crippen molar-refractivity contribution in [1.29, 1.82) is 0 Å². The molecule has 0 bridgehead atoms. The van der Waals surface area contributed by atoms with Gasteiger partial charge in [0.2, 0.25) is 0 Å². The normalized spacial score (nSPS) is 18.8. The van der Waals surface area contributed by atoms with E-state index in [1.807, 2.05) is 24.3 Å². The van der Waals surface area contributed by atoms with Crippen LogP contribution in [0.25, 0.3) is 11.3 Å². The summed E-state index contributed by atoms with van der Waals surface area (Å²) in [5.74, 6) is 0.759. The van der Waals surface area contributed by atoms with Crippen LogP contribution < -0.4 is 5.32 Å². The Balaban J connectivity index is 1.42. The number of aromatic nitrogens is 1. The van der Waals surface area contributed by atoms with Crippen LogP contribution in [0.4, 0.5) is 0 Å². The van der Waals surface area contributed by atoms with Gasteiger partial charge in [-0.3, -0.25) is 4.79 Å². The van der Waals surface area contributed by atoms with Crippen LogP contribution in [0, 0.1) is 0 Å². The average molecular weight is 326 g/mol. The van der Waals surface area contributed by atoms with Crippen LogP contribution in [-0.2, 0) is 0 Å². The number of nitrogens with one attached hydrogen (secondary N) is 1. The van der Waals surface area contributed by atoms with Crippen LogP contribution in [0.5, 0.6) is 0 Å². The largest absolute Gasteiger partial charge is 0.349 e. The second kappa shape index (κ2) is 6.44. The summed E-state index contributed by atoms with van der Waals surface area (Å²) < 4.78 is 0. The van der Waals surface area contributed by atoms with Gasteiger partial charge in [0.1, 0.15) is 0 Å². The fraction of sp³-hybridized carbons (Fsp3) is 0.474. The maximum Gasteiger partial charge on any atom is 0.251 e. The summed E-state index contributed by atoms with van der Waals surface area (Å²) >= 11 is 1.76. The molecule has 1 aromatic carbocycles. The van der Waals surface area contributed by atoms with Gasteiger partial charge in [0.15, 0.2) is 0 Å². The highest BCUT2D eigenvalue weighted by Crippen LogP contribution is 2.42. The van der Waals surface area contributed by atoms with Crippen LogP contribution >= 0.6 is 11.3 Å². The summed E-state index contributed by atoms with van der Waals surface area (Å²) in [7, 11) is 0. The predicted molar refractivity (Wildman–Crippen MR) is 93.9 cm³/mol. The molecular weight excluding hydrogens is 304 g/mol. The predicted octanol–water partition coefficient (Wildman–Crippen LogP) is 4.75. The molecule has 3 nitrogen and oxygen atoms in total. The molecule has 1 aromatic heterocycles. The van der Waals surface area contributed by atoms with E-state index in [9.17, 15) is 4.79 Å². The lowest BCUT2D eigenvalue weighted by Gasteiger charge is -2.22. The second-order valence-corrected chi connectivity index (χ2v) is 7.62. The Morgan fingerprint density at radius 3 is 2.48 bits per heavy atom. The van der Waals surface area contributed by atoms with Crippen molar-refractivity contribution in [3.05, 3.63) is 40.2 Å². The molecular formula is C19H22N2OS. The Morgan fingerprint density at radius 1 is 1.04 bits per heavy atom. The second-order valence-electron chi connectivity index (χ2n) is 6.73. The van der Waals surface area contributed by atoms with Gasteiger partial charge >= 0.3 is 0 Å². The van der Waals surface area contributed by atoms with Crippen molar-refractivity contribution in [3.63, 3.8) is 0 Å². The van der Waals surface area contributed by atoms with E-state index in [-0.39, 0.29) is 5.91 Å². The van der Waals surface area contributed by atoms with Crippen molar-refractivity contribution in [3.8, 4) is 11.3 Å². The molecule has 2 fully saturated rings. The van der Waals surface area contributed by atoms with Gasteiger partial charge in [-0.05, 0) is 37.8 Å². The van der Waals surface area contributed by atoms with E-state index in [1.54, 1.807) is 11.3 Å². The zero-order chi connectivity index (χ0) is 15.6. The molecule has 120 valence electrons. The minimum absolute atomic E-state index is 0.0559. The van der Waals surface area contributed by atoms with E-state index in [1.165, 1.54) is 37.1 Å². The zero-order valence-electron chi connectivity index (χ0n) is 13.3. The summed E-state index contributed by atoms with van der Waals surface area (Å²) in [6, 6.07) is 8.23. The molecule has 2 aromatic rings. The topological polar surface area (TPSA) is 42.0 Å². The standard InChI is InChI=1S/C19H22N2OS/c22-18(20-16-4-2-1-3-5-16)14-8-6-13(7-9-14)17-12-23-19(21-17)15-10-11-15/h6-9,12,15-16H,1-5,10-11H2,(H,20,22). The maximum absolute atomic E-state index is 12.3. The summed E-state index contributed by atoms with van der Waals surface area (Å²) in [4.78, 5) is 17.1. The van der Waals surface area contributed by atoms with E-state index in [0.717, 1.165) is 29.7 Å². The van der Waals surface area contributed by atoms with Crippen molar-refractivity contribution >= 4 is 17.2 Å². The van der Waals surface area contributed by atoms with E-state index in [2.05, 4.69) is 10.7 Å². The first-order valence-corrected chi connectivity index (χ1v) is 9.54. The third-order valence-electron chi connectivity index (χ3n) is 4.83. The Hall–Kier alpha value is -1.68. The van der Waals surface area contributed by atoms with Crippen LogP contribution in [0.2, 0.25) is 0 Å². The number of hydrogen-bond donors (Lipinski definition) is 1. The molecule has 2 saturated carbocycles.